The molecule has 0 unspecified atom stereocenters. The van der Waals surface area contributed by atoms with Crippen molar-refractivity contribution in [3.8, 4) is 0 Å². The third-order valence-corrected chi connectivity index (χ3v) is 3.08. The van der Waals surface area contributed by atoms with Crippen LogP contribution in [0, 0.1) is 0 Å². The maximum atomic E-state index is 11.9. The van der Waals surface area contributed by atoms with E-state index in [2.05, 4.69) is 5.32 Å². The van der Waals surface area contributed by atoms with Gasteiger partial charge < -0.3 is 10.2 Å². The highest BCUT2D eigenvalue weighted by Crippen LogP contribution is 2.21. The summed E-state index contributed by atoms with van der Waals surface area (Å²) in [4.78, 5) is 13.6. The summed E-state index contributed by atoms with van der Waals surface area (Å²) in [6.07, 6.45) is 0.277. The maximum absolute atomic E-state index is 11.9. The second-order valence-corrected chi connectivity index (χ2v) is 4.67. The van der Waals surface area contributed by atoms with Gasteiger partial charge in [0.05, 0.1) is 6.42 Å². The van der Waals surface area contributed by atoms with Crippen molar-refractivity contribution in [3.05, 3.63) is 33.8 Å². The van der Waals surface area contributed by atoms with Crippen molar-refractivity contribution < 1.29 is 4.79 Å². The lowest BCUT2D eigenvalue weighted by Gasteiger charge is -2.17. The minimum atomic E-state index is 0.0319. The van der Waals surface area contributed by atoms with Crippen LogP contribution in [-0.2, 0) is 11.2 Å². The van der Waals surface area contributed by atoms with E-state index < -0.39 is 0 Å². The van der Waals surface area contributed by atoms with Crippen molar-refractivity contribution in [2.45, 2.75) is 6.42 Å². The molecule has 94 valence electrons. The molecule has 1 amide bonds. The number of halogens is 2. The van der Waals surface area contributed by atoms with Crippen molar-refractivity contribution in [3.63, 3.8) is 0 Å². The first kappa shape index (κ1) is 14.3. The summed E-state index contributed by atoms with van der Waals surface area (Å²) in [6.45, 7) is 1.44. The van der Waals surface area contributed by atoms with Gasteiger partial charge in [0.15, 0.2) is 0 Å². The second kappa shape index (κ2) is 6.84. The zero-order chi connectivity index (χ0) is 12.8. The van der Waals surface area contributed by atoms with E-state index in [1.165, 1.54) is 0 Å². The molecule has 0 radical (unpaired) electrons. The molecule has 1 N–H and O–H groups in total. The van der Waals surface area contributed by atoms with Crippen LogP contribution in [0.2, 0.25) is 10.0 Å². The number of likely N-dealkylation sites (N-methyl/N-ethyl adjacent to an activating group) is 2. The van der Waals surface area contributed by atoms with Crippen LogP contribution in [0.4, 0.5) is 0 Å². The Hall–Kier alpha value is -0.770. The highest BCUT2D eigenvalue weighted by Gasteiger charge is 2.11. The van der Waals surface area contributed by atoms with Gasteiger partial charge in [-0.1, -0.05) is 23.2 Å². The fourth-order valence-electron chi connectivity index (χ4n) is 1.38. The van der Waals surface area contributed by atoms with Crippen LogP contribution in [0.1, 0.15) is 5.56 Å². The monoisotopic (exact) mass is 274 g/mol. The molecule has 0 heterocycles. The van der Waals surface area contributed by atoms with Gasteiger partial charge in [-0.15, -0.1) is 0 Å². The Morgan fingerprint density at radius 3 is 2.76 bits per heavy atom. The van der Waals surface area contributed by atoms with Crippen molar-refractivity contribution in [1.82, 2.24) is 10.2 Å². The zero-order valence-electron chi connectivity index (χ0n) is 9.96. The van der Waals surface area contributed by atoms with Crippen LogP contribution in [-0.4, -0.2) is 38.0 Å². The van der Waals surface area contributed by atoms with Gasteiger partial charge in [0, 0.05) is 30.2 Å². The van der Waals surface area contributed by atoms with Gasteiger partial charge in [-0.05, 0) is 30.8 Å². The summed E-state index contributed by atoms with van der Waals surface area (Å²) < 4.78 is 0. The molecule has 0 atom stereocenters. The van der Waals surface area contributed by atoms with E-state index in [-0.39, 0.29) is 12.3 Å². The minimum absolute atomic E-state index is 0.0319. The van der Waals surface area contributed by atoms with Gasteiger partial charge in [-0.3, -0.25) is 4.79 Å². The zero-order valence-corrected chi connectivity index (χ0v) is 11.5. The van der Waals surface area contributed by atoms with Gasteiger partial charge in [0.1, 0.15) is 0 Å². The van der Waals surface area contributed by atoms with E-state index >= 15 is 0 Å². The molecule has 17 heavy (non-hydrogen) atoms. The number of nitrogens with one attached hydrogen (secondary N) is 1. The fraction of sp³-hybridized carbons (Fsp3) is 0.417. The number of nitrogens with zero attached hydrogens (tertiary/aromatic N) is 1. The lowest BCUT2D eigenvalue weighted by atomic mass is 10.1. The lowest BCUT2D eigenvalue weighted by molar-refractivity contribution is -0.129. The van der Waals surface area contributed by atoms with Crippen molar-refractivity contribution in [2.75, 3.05) is 27.2 Å². The third-order valence-electron chi connectivity index (χ3n) is 2.47. The van der Waals surface area contributed by atoms with Crippen molar-refractivity contribution in [1.29, 1.82) is 0 Å². The Balaban J connectivity index is 2.64. The minimum Gasteiger partial charge on any atom is -0.344 e. The summed E-state index contributed by atoms with van der Waals surface area (Å²) in [6, 6.07) is 5.15. The number of carbonyl (C=O) groups excluding carboxylic acids is 1. The van der Waals surface area contributed by atoms with Crippen LogP contribution in [0.3, 0.4) is 0 Å². The normalized spacial score (nSPS) is 10.4. The van der Waals surface area contributed by atoms with Crippen LogP contribution in [0.25, 0.3) is 0 Å². The average molecular weight is 275 g/mol. The maximum Gasteiger partial charge on any atom is 0.226 e. The van der Waals surface area contributed by atoms with Gasteiger partial charge in [0.25, 0.3) is 0 Å². The van der Waals surface area contributed by atoms with Crippen molar-refractivity contribution in [2.24, 2.45) is 0 Å². The molecule has 0 saturated heterocycles. The molecule has 1 aromatic carbocycles. The van der Waals surface area contributed by atoms with Crippen molar-refractivity contribution >= 4 is 29.1 Å². The first-order valence-electron chi connectivity index (χ1n) is 5.37. The Bertz CT molecular complexity index is 396. The molecule has 5 heteroatoms. The first-order valence-corrected chi connectivity index (χ1v) is 6.12. The molecule has 0 aliphatic rings. The highest BCUT2D eigenvalue weighted by atomic mass is 35.5. The Morgan fingerprint density at radius 2 is 2.12 bits per heavy atom. The summed E-state index contributed by atoms with van der Waals surface area (Å²) >= 11 is 11.9. The van der Waals surface area contributed by atoms with E-state index in [0.29, 0.717) is 16.6 Å². The number of hydrogen-bond donors (Lipinski definition) is 1. The average Bonchev–Trinajstić information content (AvgIpc) is 2.30. The molecule has 0 fully saturated rings. The SMILES string of the molecule is CNCCN(C)C(=O)Cc1cc(Cl)ccc1Cl. The summed E-state index contributed by atoms with van der Waals surface area (Å²) in [5, 5.41) is 4.16. The lowest BCUT2D eigenvalue weighted by Crippen LogP contribution is -2.33. The van der Waals surface area contributed by atoms with E-state index in [9.17, 15) is 4.79 Å². The molecule has 0 spiro atoms. The molecule has 1 aromatic rings. The van der Waals surface area contributed by atoms with E-state index in [1.54, 1.807) is 30.1 Å². The van der Waals surface area contributed by atoms with E-state index in [0.717, 1.165) is 12.1 Å². The molecule has 1 rings (SSSR count). The summed E-state index contributed by atoms with van der Waals surface area (Å²) in [5.74, 6) is 0.0319. The molecule has 0 aliphatic heterocycles. The van der Waals surface area contributed by atoms with Crippen LogP contribution < -0.4 is 5.32 Å². The smallest absolute Gasteiger partial charge is 0.226 e. The molecular formula is C12H16Cl2N2O. The third kappa shape index (κ3) is 4.54. The van der Waals surface area contributed by atoms with Gasteiger partial charge >= 0.3 is 0 Å². The molecule has 0 aliphatic carbocycles. The number of benzene rings is 1. The Morgan fingerprint density at radius 1 is 1.41 bits per heavy atom. The first-order chi connectivity index (χ1) is 8.04. The van der Waals surface area contributed by atoms with Gasteiger partial charge in [0.2, 0.25) is 5.91 Å². The molecular weight excluding hydrogens is 259 g/mol. The summed E-state index contributed by atoms with van der Waals surface area (Å²) in [5.41, 5.74) is 0.764. The summed E-state index contributed by atoms with van der Waals surface area (Å²) in [7, 11) is 3.63. The van der Waals surface area contributed by atoms with E-state index in [4.69, 9.17) is 23.2 Å². The molecule has 0 saturated carbocycles. The largest absolute Gasteiger partial charge is 0.344 e. The Kier molecular flexibility index (Phi) is 5.75. The van der Waals surface area contributed by atoms with Crippen LogP contribution in [0.5, 0.6) is 0 Å². The number of amides is 1. The molecule has 3 nitrogen and oxygen atoms in total. The standard InChI is InChI=1S/C12H16Cl2N2O/c1-15-5-6-16(2)12(17)8-9-7-10(13)3-4-11(9)14/h3-4,7,15H,5-6,8H2,1-2H3. The molecule has 0 bridgehead atoms. The van der Waals surface area contributed by atoms with Gasteiger partial charge in [-0.2, -0.15) is 0 Å². The topological polar surface area (TPSA) is 32.3 Å². The number of hydrogen-bond acceptors (Lipinski definition) is 2. The van der Waals surface area contributed by atoms with E-state index in [1.807, 2.05) is 7.05 Å². The molecule has 0 aromatic heterocycles. The predicted octanol–water partition coefficient (Wildman–Crippen LogP) is 2.21. The number of carbonyl (C=O) groups is 1. The predicted molar refractivity (Wildman–Crippen MR) is 71.7 cm³/mol. The highest BCUT2D eigenvalue weighted by molar-refractivity contribution is 6.33. The Labute approximate surface area is 112 Å². The number of rotatable bonds is 5. The van der Waals surface area contributed by atoms with Crippen LogP contribution >= 0.6 is 23.2 Å². The fourth-order valence-corrected chi connectivity index (χ4v) is 1.76. The quantitative estimate of drug-likeness (QED) is 0.893. The second-order valence-electron chi connectivity index (χ2n) is 3.83. The van der Waals surface area contributed by atoms with Crippen LogP contribution in [0.15, 0.2) is 18.2 Å². The van der Waals surface area contributed by atoms with Gasteiger partial charge in [-0.25, -0.2) is 0 Å².